The van der Waals surface area contributed by atoms with E-state index >= 15 is 0 Å². The normalized spacial score (nSPS) is 10.3. The number of thiazole rings is 1. The Labute approximate surface area is 130 Å². The summed E-state index contributed by atoms with van der Waals surface area (Å²) in [4.78, 5) is 16.9. The zero-order valence-electron chi connectivity index (χ0n) is 10.7. The first-order chi connectivity index (χ1) is 9.54. The van der Waals surface area contributed by atoms with Crippen molar-refractivity contribution in [3.63, 3.8) is 0 Å². The van der Waals surface area contributed by atoms with Crippen molar-refractivity contribution >= 4 is 40.4 Å². The van der Waals surface area contributed by atoms with Gasteiger partial charge in [0.2, 0.25) is 0 Å². The number of nitrogens with zero attached hydrogens (tertiary/aromatic N) is 1. The molecule has 7 heteroatoms. The van der Waals surface area contributed by atoms with Crippen molar-refractivity contribution in [2.45, 2.75) is 13.5 Å². The summed E-state index contributed by atoms with van der Waals surface area (Å²) in [5.41, 5.74) is 0. The smallest absolute Gasteiger partial charge is 0.258 e. The number of ether oxygens (including phenoxy) is 1. The van der Waals surface area contributed by atoms with Crippen molar-refractivity contribution in [3.8, 4) is 5.75 Å². The van der Waals surface area contributed by atoms with Crippen molar-refractivity contribution in [1.29, 1.82) is 0 Å². The van der Waals surface area contributed by atoms with Crippen molar-refractivity contribution in [1.82, 2.24) is 10.3 Å². The summed E-state index contributed by atoms with van der Waals surface area (Å²) in [5.74, 6) is 0.195. The van der Waals surface area contributed by atoms with E-state index in [0.717, 1.165) is 9.88 Å². The van der Waals surface area contributed by atoms with Crippen LogP contribution in [0.3, 0.4) is 0 Å². The summed E-state index contributed by atoms with van der Waals surface area (Å²) in [6.07, 6.45) is 1.77. The van der Waals surface area contributed by atoms with Gasteiger partial charge in [0.05, 0.1) is 11.6 Å². The van der Waals surface area contributed by atoms with Gasteiger partial charge in [-0.3, -0.25) is 4.79 Å². The number of benzene rings is 1. The van der Waals surface area contributed by atoms with Gasteiger partial charge in [-0.15, -0.1) is 11.3 Å². The first-order valence-electron chi connectivity index (χ1n) is 5.80. The first kappa shape index (κ1) is 15.1. The Bertz CT molecular complexity index is 616. The summed E-state index contributed by atoms with van der Waals surface area (Å²) in [7, 11) is 0. The molecule has 0 radical (unpaired) electrons. The lowest BCUT2D eigenvalue weighted by atomic mass is 10.3. The van der Waals surface area contributed by atoms with Gasteiger partial charge in [0, 0.05) is 16.1 Å². The second kappa shape index (κ2) is 6.92. The summed E-state index contributed by atoms with van der Waals surface area (Å²) < 4.78 is 5.33. The monoisotopic (exact) mass is 330 g/mol. The minimum absolute atomic E-state index is 0.105. The third kappa shape index (κ3) is 4.37. The molecule has 0 bridgehead atoms. The average molecular weight is 331 g/mol. The van der Waals surface area contributed by atoms with Crippen LogP contribution in [-0.4, -0.2) is 17.5 Å². The second-order valence-electron chi connectivity index (χ2n) is 4.00. The summed E-state index contributed by atoms with van der Waals surface area (Å²) in [6.45, 7) is 2.26. The molecule has 2 rings (SSSR count). The van der Waals surface area contributed by atoms with Gasteiger partial charge in [0.1, 0.15) is 10.8 Å². The predicted molar refractivity (Wildman–Crippen MR) is 80.7 cm³/mol. The minimum atomic E-state index is -0.233. The molecule has 2 aromatic rings. The van der Waals surface area contributed by atoms with E-state index in [9.17, 15) is 4.79 Å². The van der Waals surface area contributed by atoms with E-state index in [2.05, 4.69) is 10.3 Å². The number of aryl methyl sites for hydroxylation is 1. The number of nitrogens with one attached hydrogen (secondary N) is 1. The third-order valence-corrected chi connectivity index (χ3v) is 3.80. The molecule has 20 heavy (non-hydrogen) atoms. The van der Waals surface area contributed by atoms with E-state index in [1.807, 2.05) is 6.92 Å². The minimum Gasteiger partial charge on any atom is -0.482 e. The van der Waals surface area contributed by atoms with Crippen LogP contribution in [0.15, 0.2) is 24.4 Å². The SMILES string of the molecule is Cc1cnc(CNC(=O)COc2ccc(Cl)cc2Cl)s1. The Balaban J connectivity index is 1.80. The van der Waals surface area contributed by atoms with Gasteiger partial charge in [-0.1, -0.05) is 23.2 Å². The van der Waals surface area contributed by atoms with Gasteiger partial charge < -0.3 is 10.1 Å². The van der Waals surface area contributed by atoms with Gasteiger partial charge in [-0.25, -0.2) is 4.98 Å². The first-order valence-corrected chi connectivity index (χ1v) is 7.37. The van der Waals surface area contributed by atoms with Gasteiger partial charge >= 0.3 is 0 Å². The summed E-state index contributed by atoms with van der Waals surface area (Å²) >= 11 is 13.3. The third-order valence-electron chi connectivity index (χ3n) is 2.36. The molecule has 0 atom stereocenters. The topological polar surface area (TPSA) is 51.2 Å². The fourth-order valence-corrected chi connectivity index (χ4v) is 2.63. The van der Waals surface area contributed by atoms with E-state index in [-0.39, 0.29) is 12.5 Å². The maximum absolute atomic E-state index is 11.6. The fraction of sp³-hybridized carbons (Fsp3) is 0.231. The van der Waals surface area contributed by atoms with Gasteiger partial charge in [0.25, 0.3) is 5.91 Å². The maximum Gasteiger partial charge on any atom is 0.258 e. The molecule has 0 spiro atoms. The van der Waals surface area contributed by atoms with Crippen molar-refractivity contribution in [2.24, 2.45) is 0 Å². The van der Waals surface area contributed by atoms with Gasteiger partial charge in [-0.05, 0) is 25.1 Å². The highest BCUT2D eigenvalue weighted by molar-refractivity contribution is 7.11. The molecule has 0 fully saturated rings. The Morgan fingerprint density at radius 2 is 2.25 bits per heavy atom. The highest BCUT2D eigenvalue weighted by Crippen LogP contribution is 2.27. The van der Waals surface area contributed by atoms with E-state index in [1.54, 1.807) is 35.7 Å². The molecule has 0 saturated carbocycles. The van der Waals surface area contributed by atoms with Gasteiger partial charge in [0.15, 0.2) is 6.61 Å². The molecule has 1 N–H and O–H groups in total. The lowest BCUT2D eigenvalue weighted by Crippen LogP contribution is -2.28. The molecule has 0 aliphatic heterocycles. The Kier molecular flexibility index (Phi) is 5.23. The quantitative estimate of drug-likeness (QED) is 0.913. The maximum atomic E-state index is 11.6. The van der Waals surface area contributed by atoms with Crippen LogP contribution in [0, 0.1) is 6.92 Å². The molecule has 0 unspecified atom stereocenters. The number of hydrogen-bond donors (Lipinski definition) is 1. The lowest BCUT2D eigenvalue weighted by Gasteiger charge is -2.08. The summed E-state index contributed by atoms with van der Waals surface area (Å²) in [6, 6.07) is 4.84. The van der Waals surface area contributed by atoms with E-state index in [4.69, 9.17) is 27.9 Å². The highest BCUT2D eigenvalue weighted by Gasteiger charge is 2.07. The van der Waals surface area contributed by atoms with Crippen LogP contribution >= 0.6 is 34.5 Å². The summed E-state index contributed by atoms with van der Waals surface area (Å²) in [5, 5.41) is 4.48. The van der Waals surface area contributed by atoms with Crippen LogP contribution in [-0.2, 0) is 11.3 Å². The zero-order chi connectivity index (χ0) is 14.5. The van der Waals surface area contributed by atoms with Crippen molar-refractivity contribution in [2.75, 3.05) is 6.61 Å². The largest absolute Gasteiger partial charge is 0.482 e. The molecule has 1 aromatic heterocycles. The Morgan fingerprint density at radius 3 is 2.90 bits per heavy atom. The molecule has 4 nitrogen and oxygen atoms in total. The van der Waals surface area contributed by atoms with Crippen molar-refractivity contribution in [3.05, 3.63) is 44.3 Å². The molecule has 106 valence electrons. The number of halogens is 2. The lowest BCUT2D eigenvalue weighted by molar-refractivity contribution is -0.123. The van der Waals surface area contributed by atoms with Crippen LogP contribution in [0.25, 0.3) is 0 Å². The average Bonchev–Trinajstić information content (AvgIpc) is 2.81. The number of carbonyl (C=O) groups is 1. The number of amides is 1. The molecule has 0 saturated heterocycles. The zero-order valence-corrected chi connectivity index (χ0v) is 13.0. The Morgan fingerprint density at radius 1 is 1.45 bits per heavy atom. The van der Waals surface area contributed by atoms with Crippen LogP contribution in [0.4, 0.5) is 0 Å². The molecular weight excluding hydrogens is 319 g/mol. The molecular formula is C13H12Cl2N2O2S. The number of aromatic nitrogens is 1. The standard InChI is InChI=1S/C13H12Cl2N2O2S/c1-8-5-17-13(20-8)6-16-12(18)7-19-11-3-2-9(14)4-10(11)15/h2-5H,6-7H2,1H3,(H,16,18). The van der Waals surface area contributed by atoms with Crippen LogP contribution < -0.4 is 10.1 Å². The van der Waals surface area contributed by atoms with Crippen LogP contribution in [0.2, 0.25) is 10.0 Å². The fourth-order valence-electron chi connectivity index (χ4n) is 1.44. The molecule has 1 amide bonds. The van der Waals surface area contributed by atoms with E-state index < -0.39 is 0 Å². The van der Waals surface area contributed by atoms with E-state index in [0.29, 0.717) is 22.3 Å². The predicted octanol–water partition coefficient (Wildman–Crippen LogP) is 3.45. The Hall–Kier alpha value is -1.30. The number of hydrogen-bond acceptors (Lipinski definition) is 4. The second-order valence-corrected chi connectivity index (χ2v) is 6.17. The van der Waals surface area contributed by atoms with Crippen molar-refractivity contribution < 1.29 is 9.53 Å². The van der Waals surface area contributed by atoms with Crippen LogP contribution in [0.1, 0.15) is 9.88 Å². The molecule has 0 aliphatic rings. The van der Waals surface area contributed by atoms with Gasteiger partial charge in [-0.2, -0.15) is 0 Å². The molecule has 0 aliphatic carbocycles. The number of carbonyl (C=O) groups excluding carboxylic acids is 1. The molecule has 1 aromatic carbocycles. The van der Waals surface area contributed by atoms with E-state index in [1.165, 1.54) is 0 Å². The number of rotatable bonds is 5. The molecule has 1 heterocycles. The van der Waals surface area contributed by atoms with Crippen LogP contribution in [0.5, 0.6) is 5.75 Å². The highest BCUT2D eigenvalue weighted by atomic mass is 35.5.